The normalized spacial score (nSPS) is 20.6. The van der Waals surface area contributed by atoms with Crippen LogP contribution in [0.4, 0.5) is 0 Å². The molecule has 1 aromatic carbocycles. The Kier molecular flexibility index (Phi) is 6.55. The van der Waals surface area contributed by atoms with Gasteiger partial charge in [0.25, 0.3) is 5.91 Å². The maximum Gasteiger partial charge on any atom is 0.284 e. The van der Waals surface area contributed by atoms with E-state index >= 15 is 0 Å². The predicted octanol–water partition coefficient (Wildman–Crippen LogP) is 3.73. The third-order valence-electron chi connectivity index (χ3n) is 6.74. The zero-order valence-corrected chi connectivity index (χ0v) is 20.2. The van der Waals surface area contributed by atoms with E-state index in [2.05, 4.69) is 74.1 Å². The first kappa shape index (κ1) is 22.7. The van der Waals surface area contributed by atoms with Crippen LogP contribution in [-0.4, -0.2) is 47.4 Å². The van der Waals surface area contributed by atoms with Crippen molar-refractivity contribution >= 4 is 14.2 Å². The summed E-state index contributed by atoms with van der Waals surface area (Å²) < 4.78 is 8.60. The summed E-state index contributed by atoms with van der Waals surface area (Å²) in [5.41, 5.74) is 7.78. The quantitative estimate of drug-likeness (QED) is 0.682. The van der Waals surface area contributed by atoms with Gasteiger partial charge >= 0.3 is 0 Å². The number of benzene rings is 1. The summed E-state index contributed by atoms with van der Waals surface area (Å²) >= 11 is 0. The number of hydrogen-bond donors (Lipinski definition) is 1. The number of likely N-dealkylation sites (tertiary alicyclic amines) is 1. The maximum atomic E-state index is 11.6. The van der Waals surface area contributed by atoms with Crippen molar-refractivity contribution in [3.63, 3.8) is 0 Å². The molecule has 0 bridgehead atoms. The van der Waals surface area contributed by atoms with E-state index in [9.17, 15) is 4.79 Å². The number of nitrogens with two attached hydrogens (primary N) is 1. The van der Waals surface area contributed by atoms with Gasteiger partial charge < -0.3 is 14.7 Å². The average Bonchev–Trinajstić information content (AvgIpc) is 3.18. The summed E-state index contributed by atoms with van der Waals surface area (Å²) in [6, 6.07) is 10.9. The van der Waals surface area contributed by atoms with Gasteiger partial charge in [-0.15, -0.1) is 0 Å². The molecule has 1 aliphatic rings. The minimum atomic E-state index is -1.84. The Bertz CT molecular complexity index is 873. The zero-order chi connectivity index (χ0) is 22.1. The molecule has 164 valence electrons. The smallest absolute Gasteiger partial charge is 0.284 e. The Morgan fingerprint density at radius 1 is 1.27 bits per heavy atom. The van der Waals surface area contributed by atoms with Crippen LogP contribution >= 0.6 is 0 Å². The summed E-state index contributed by atoms with van der Waals surface area (Å²) in [6.07, 6.45) is 3.81. The third kappa shape index (κ3) is 5.02. The van der Waals surface area contributed by atoms with Crippen LogP contribution in [0.25, 0.3) is 0 Å². The molecular formula is C23H36N4O2Si. The fourth-order valence-electron chi connectivity index (χ4n) is 3.95. The Labute approximate surface area is 181 Å². The van der Waals surface area contributed by atoms with Gasteiger partial charge in [0.15, 0.2) is 14.1 Å². The van der Waals surface area contributed by atoms with Crippen LogP contribution in [0, 0.1) is 0 Å². The first-order valence-electron chi connectivity index (χ1n) is 10.7. The van der Waals surface area contributed by atoms with Crippen LogP contribution in [-0.2, 0) is 24.4 Å². The highest BCUT2D eigenvalue weighted by Gasteiger charge is 2.42. The molecule has 1 aliphatic heterocycles. The summed E-state index contributed by atoms with van der Waals surface area (Å²) in [7, 11) is 0.0233. The lowest BCUT2D eigenvalue weighted by Gasteiger charge is -2.38. The van der Waals surface area contributed by atoms with E-state index < -0.39 is 14.2 Å². The second-order valence-electron chi connectivity index (χ2n) is 10.0. The van der Waals surface area contributed by atoms with Gasteiger partial charge in [0.2, 0.25) is 0 Å². The van der Waals surface area contributed by atoms with Gasteiger partial charge in [0, 0.05) is 44.5 Å². The minimum Gasteiger partial charge on any atom is -0.413 e. The molecule has 0 spiro atoms. The lowest BCUT2D eigenvalue weighted by atomic mass is 10.1. The lowest BCUT2D eigenvalue weighted by molar-refractivity contribution is 0.0987. The molecule has 2 heterocycles. The second kappa shape index (κ2) is 8.65. The van der Waals surface area contributed by atoms with E-state index in [-0.39, 0.29) is 11.1 Å². The monoisotopic (exact) mass is 428 g/mol. The highest BCUT2D eigenvalue weighted by Crippen LogP contribution is 2.39. The summed E-state index contributed by atoms with van der Waals surface area (Å²) in [5, 5.41) is 0.188. The third-order valence-corrected chi connectivity index (χ3v) is 11.3. The van der Waals surface area contributed by atoms with Crippen molar-refractivity contribution in [2.75, 3.05) is 6.54 Å². The molecular weight excluding hydrogens is 392 g/mol. The number of imidazole rings is 1. The number of carbonyl (C=O) groups is 1. The van der Waals surface area contributed by atoms with Crippen LogP contribution in [0.1, 0.15) is 49.1 Å². The van der Waals surface area contributed by atoms with Crippen molar-refractivity contribution < 1.29 is 9.22 Å². The van der Waals surface area contributed by atoms with Crippen LogP contribution in [0.15, 0.2) is 36.5 Å². The molecule has 2 atom stereocenters. The van der Waals surface area contributed by atoms with Gasteiger partial charge in [-0.1, -0.05) is 51.1 Å². The fourth-order valence-corrected chi connectivity index (χ4v) is 5.30. The molecule has 0 unspecified atom stereocenters. The summed E-state index contributed by atoms with van der Waals surface area (Å²) in [5.74, 6) is -0.179. The number of nitrogens with zero attached hydrogens (tertiary/aromatic N) is 3. The number of amides is 1. The molecule has 0 saturated carbocycles. The average molecular weight is 429 g/mol. The van der Waals surface area contributed by atoms with Crippen molar-refractivity contribution in [3.05, 3.63) is 53.6 Å². The second-order valence-corrected chi connectivity index (χ2v) is 14.8. The van der Waals surface area contributed by atoms with E-state index in [1.54, 1.807) is 6.20 Å². The molecule has 1 saturated heterocycles. The highest BCUT2D eigenvalue weighted by molar-refractivity contribution is 6.74. The number of rotatable bonds is 7. The van der Waals surface area contributed by atoms with Gasteiger partial charge in [0.05, 0.1) is 6.10 Å². The molecule has 2 aromatic rings. The van der Waals surface area contributed by atoms with E-state index in [1.807, 2.05) is 11.6 Å². The molecule has 1 fully saturated rings. The largest absolute Gasteiger partial charge is 0.413 e. The Morgan fingerprint density at radius 3 is 2.50 bits per heavy atom. The molecule has 7 heteroatoms. The van der Waals surface area contributed by atoms with Gasteiger partial charge in [-0.2, -0.15) is 0 Å². The summed E-state index contributed by atoms with van der Waals surface area (Å²) in [4.78, 5) is 18.3. The van der Waals surface area contributed by atoms with Gasteiger partial charge in [-0.25, -0.2) is 4.98 Å². The number of primary amides is 1. The SMILES string of the molecule is Cn1c(C[C@@H]2C[C@@H](O[Si](C)(C)C(C)(C)C)CN2Cc2ccccc2)cnc1C(N)=O. The first-order chi connectivity index (χ1) is 14.0. The molecule has 30 heavy (non-hydrogen) atoms. The topological polar surface area (TPSA) is 73.4 Å². The fraction of sp³-hybridized carbons (Fsp3) is 0.565. The van der Waals surface area contributed by atoms with Crippen molar-refractivity contribution in [1.82, 2.24) is 14.5 Å². The van der Waals surface area contributed by atoms with Gasteiger partial charge in [0.1, 0.15) is 0 Å². The van der Waals surface area contributed by atoms with Crippen molar-refractivity contribution in [2.24, 2.45) is 12.8 Å². The van der Waals surface area contributed by atoms with Gasteiger partial charge in [-0.05, 0) is 30.1 Å². The summed E-state index contributed by atoms with van der Waals surface area (Å²) in [6.45, 7) is 13.3. The standard InChI is InChI=1S/C23H36N4O2Si/c1-23(2,3)30(5,6)29-20-13-18(12-19-14-25-22(21(24)28)26(19)4)27(16-20)15-17-10-8-7-9-11-17/h7-11,14,18,20H,12-13,15-16H2,1-6H3,(H2,24,28)/t18-,20-/m1/s1. The Balaban J connectivity index is 1.79. The van der Waals surface area contributed by atoms with Crippen LogP contribution in [0.3, 0.4) is 0 Å². The van der Waals surface area contributed by atoms with Crippen LogP contribution < -0.4 is 5.73 Å². The van der Waals surface area contributed by atoms with Crippen molar-refractivity contribution in [3.8, 4) is 0 Å². The number of aromatic nitrogens is 2. The van der Waals surface area contributed by atoms with E-state index in [4.69, 9.17) is 10.2 Å². The molecule has 2 N–H and O–H groups in total. The number of hydrogen-bond acceptors (Lipinski definition) is 4. The maximum absolute atomic E-state index is 11.6. The molecule has 1 aromatic heterocycles. The molecule has 3 rings (SSSR count). The molecule has 6 nitrogen and oxygen atoms in total. The van der Waals surface area contributed by atoms with Crippen molar-refractivity contribution in [2.45, 2.75) is 70.4 Å². The Hall–Kier alpha value is -1.96. The Morgan fingerprint density at radius 2 is 1.93 bits per heavy atom. The van der Waals surface area contributed by atoms with Crippen molar-refractivity contribution in [1.29, 1.82) is 0 Å². The number of carbonyl (C=O) groups excluding carboxylic acids is 1. The zero-order valence-electron chi connectivity index (χ0n) is 19.2. The molecule has 1 amide bonds. The van der Waals surface area contributed by atoms with Gasteiger partial charge in [-0.3, -0.25) is 9.69 Å². The first-order valence-corrected chi connectivity index (χ1v) is 13.6. The van der Waals surface area contributed by atoms with Crippen LogP contribution in [0.5, 0.6) is 0 Å². The predicted molar refractivity (Wildman–Crippen MR) is 123 cm³/mol. The van der Waals surface area contributed by atoms with E-state index in [0.29, 0.717) is 11.9 Å². The van der Waals surface area contributed by atoms with Crippen LogP contribution in [0.2, 0.25) is 18.1 Å². The van der Waals surface area contributed by atoms with E-state index in [1.165, 1.54) is 5.56 Å². The minimum absolute atomic E-state index is 0.188. The van der Waals surface area contributed by atoms with E-state index in [0.717, 1.165) is 31.6 Å². The molecule has 0 radical (unpaired) electrons. The lowest BCUT2D eigenvalue weighted by Crippen LogP contribution is -2.44. The molecule has 0 aliphatic carbocycles. The highest BCUT2D eigenvalue weighted by atomic mass is 28.4.